The number of nitrogens with two attached hydrogens (primary N) is 1. The Labute approximate surface area is 76.2 Å². The summed E-state index contributed by atoms with van der Waals surface area (Å²) in [7, 11) is 0. The van der Waals surface area contributed by atoms with Gasteiger partial charge in [-0.25, -0.2) is 8.78 Å². The lowest BCUT2D eigenvalue weighted by Crippen LogP contribution is -2.28. The Morgan fingerprint density at radius 2 is 2.29 bits per heavy atom. The number of nitrogens with one attached hydrogen (secondary N) is 1. The van der Waals surface area contributed by atoms with Crippen LogP contribution in [0.2, 0.25) is 0 Å². The molecule has 6 nitrogen and oxygen atoms in total. The topological polar surface area (TPSA) is 97.8 Å². The highest BCUT2D eigenvalue weighted by Gasteiger charge is 2.72. The summed E-state index contributed by atoms with van der Waals surface area (Å²) in [4.78, 5) is 9.62. The molecule has 1 atom stereocenters. The average molecular weight is 204 g/mol. The summed E-state index contributed by atoms with van der Waals surface area (Å²) >= 11 is 0. The van der Waals surface area contributed by atoms with Crippen molar-refractivity contribution in [2.24, 2.45) is 5.73 Å². The lowest BCUT2D eigenvalue weighted by atomic mass is 10.1. The van der Waals surface area contributed by atoms with Crippen LogP contribution in [0.3, 0.4) is 0 Å². The van der Waals surface area contributed by atoms with E-state index in [1.807, 2.05) is 0 Å². The number of nitro groups is 1. The first-order valence-corrected chi connectivity index (χ1v) is 3.73. The van der Waals surface area contributed by atoms with Crippen molar-refractivity contribution in [1.29, 1.82) is 0 Å². The molecule has 8 heteroatoms. The van der Waals surface area contributed by atoms with E-state index in [9.17, 15) is 18.9 Å². The van der Waals surface area contributed by atoms with Crippen LogP contribution >= 0.6 is 0 Å². The Balaban J connectivity index is 2.44. The van der Waals surface area contributed by atoms with Gasteiger partial charge in [0.05, 0.1) is 4.92 Å². The van der Waals surface area contributed by atoms with Crippen LogP contribution in [0.1, 0.15) is 12.1 Å². The van der Waals surface area contributed by atoms with Crippen molar-refractivity contribution >= 4 is 5.69 Å². The molecule has 1 aliphatic carbocycles. The smallest absolute Gasteiger partial charge is 0.312 e. The highest BCUT2D eigenvalue weighted by molar-refractivity contribution is 5.44. The van der Waals surface area contributed by atoms with Gasteiger partial charge in [-0.2, -0.15) is 5.10 Å². The largest absolute Gasteiger partial charge is 0.315 e. The van der Waals surface area contributed by atoms with Crippen molar-refractivity contribution in [1.82, 2.24) is 10.2 Å². The van der Waals surface area contributed by atoms with Gasteiger partial charge in [0.15, 0.2) is 0 Å². The molecule has 1 aromatic heterocycles. The third-order valence-corrected chi connectivity index (χ3v) is 2.29. The summed E-state index contributed by atoms with van der Waals surface area (Å²) in [6.07, 6.45) is 0.279. The van der Waals surface area contributed by atoms with Crippen LogP contribution in [0.4, 0.5) is 14.5 Å². The van der Waals surface area contributed by atoms with E-state index in [0.29, 0.717) is 0 Å². The summed E-state index contributed by atoms with van der Waals surface area (Å²) in [6, 6.07) is 0. The molecule has 1 unspecified atom stereocenters. The van der Waals surface area contributed by atoms with E-state index >= 15 is 0 Å². The van der Waals surface area contributed by atoms with E-state index < -0.39 is 28.5 Å². The van der Waals surface area contributed by atoms with Gasteiger partial charge < -0.3 is 5.73 Å². The number of hydrogen-bond acceptors (Lipinski definition) is 4. The van der Waals surface area contributed by atoms with Crippen LogP contribution in [0.5, 0.6) is 0 Å². The minimum atomic E-state index is -3.09. The number of aromatic amines is 1. The summed E-state index contributed by atoms with van der Waals surface area (Å²) in [6.45, 7) is 0. The number of aromatic nitrogens is 2. The van der Waals surface area contributed by atoms with Gasteiger partial charge in [-0.3, -0.25) is 15.2 Å². The standard InChI is InChI=1S/C6H6F2N4O2/c7-6(8)2-5(6,9)4-3(12(13)14)1-10-11-4/h1H,2,9H2,(H,10,11). The monoisotopic (exact) mass is 204 g/mol. The Morgan fingerprint density at radius 1 is 1.71 bits per heavy atom. The molecule has 0 bridgehead atoms. The molecule has 0 saturated heterocycles. The first-order valence-electron chi connectivity index (χ1n) is 3.73. The van der Waals surface area contributed by atoms with Crippen LogP contribution < -0.4 is 5.73 Å². The van der Waals surface area contributed by atoms with Crippen molar-refractivity contribution in [2.75, 3.05) is 0 Å². The second-order valence-corrected chi connectivity index (χ2v) is 3.24. The Morgan fingerprint density at radius 3 is 2.71 bits per heavy atom. The van der Waals surface area contributed by atoms with Crippen LogP contribution in [0.15, 0.2) is 6.20 Å². The molecule has 76 valence electrons. The van der Waals surface area contributed by atoms with Gasteiger partial charge in [0.25, 0.3) is 5.92 Å². The molecular weight excluding hydrogens is 198 g/mol. The SMILES string of the molecule is NC1(c2[nH]ncc2[N+](=O)[O-])CC1(F)F. The first-order chi connectivity index (χ1) is 6.38. The predicted octanol–water partition coefficient (Wildman–Crippen LogP) is 0.511. The first kappa shape index (κ1) is 9.00. The highest BCUT2D eigenvalue weighted by atomic mass is 19.3. The summed E-state index contributed by atoms with van der Waals surface area (Å²) in [5, 5.41) is 15.9. The molecule has 0 radical (unpaired) electrons. The minimum Gasteiger partial charge on any atom is -0.315 e. The quantitative estimate of drug-likeness (QED) is 0.541. The maximum absolute atomic E-state index is 12.8. The second kappa shape index (κ2) is 2.27. The number of alkyl halides is 2. The molecule has 1 heterocycles. The van der Waals surface area contributed by atoms with Crippen LogP contribution in [0.25, 0.3) is 0 Å². The lowest BCUT2D eigenvalue weighted by Gasteiger charge is -2.05. The molecule has 1 saturated carbocycles. The third kappa shape index (κ3) is 0.939. The fourth-order valence-corrected chi connectivity index (χ4v) is 1.32. The van der Waals surface area contributed by atoms with Gasteiger partial charge in [-0.15, -0.1) is 0 Å². The van der Waals surface area contributed by atoms with Crippen LogP contribution in [-0.4, -0.2) is 21.0 Å². The van der Waals surface area contributed by atoms with Gasteiger partial charge in [0.2, 0.25) is 0 Å². The Kier molecular flexibility index (Phi) is 1.46. The van der Waals surface area contributed by atoms with E-state index in [1.165, 1.54) is 0 Å². The minimum absolute atomic E-state index is 0.312. The van der Waals surface area contributed by atoms with Crippen molar-refractivity contribution in [3.05, 3.63) is 22.0 Å². The van der Waals surface area contributed by atoms with Gasteiger partial charge in [0.1, 0.15) is 17.4 Å². The normalized spacial score (nSPS) is 28.8. The fraction of sp³-hybridized carbons (Fsp3) is 0.500. The third-order valence-electron chi connectivity index (χ3n) is 2.29. The Hall–Kier alpha value is -1.57. The van der Waals surface area contributed by atoms with Crippen molar-refractivity contribution in [3.8, 4) is 0 Å². The Bertz CT molecular complexity index is 404. The van der Waals surface area contributed by atoms with Crippen LogP contribution in [0, 0.1) is 10.1 Å². The van der Waals surface area contributed by atoms with E-state index in [-0.39, 0.29) is 5.69 Å². The number of halogens is 2. The predicted molar refractivity (Wildman–Crippen MR) is 40.7 cm³/mol. The molecule has 14 heavy (non-hydrogen) atoms. The molecule has 3 N–H and O–H groups in total. The molecule has 0 aliphatic heterocycles. The molecule has 0 spiro atoms. The number of hydrogen-bond donors (Lipinski definition) is 2. The molecule has 0 aromatic carbocycles. The van der Waals surface area contributed by atoms with Gasteiger partial charge in [0, 0.05) is 6.42 Å². The lowest BCUT2D eigenvalue weighted by molar-refractivity contribution is -0.386. The zero-order valence-electron chi connectivity index (χ0n) is 6.83. The van der Waals surface area contributed by atoms with Gasteiger partial charge in [-0.05, 0) is 0 Å². The molecule has 1 aromatic rings. The van der Waals surface area contributed by atoms with E-state index in [4.69, 9.17) is 5.73 Å². The molecule has 0 amide bonds. The summed E-state index contributed by atoms with van der Waals surface area (Å²) in [5.74, 6) is -3.09. The average Bonchev–Trinajstić information content (AvgIpc) is 2.52. The van der Waals surface area contributed by atoms with Crippen molar-refractivity contribution in [3.63, 3.8) is 0 Å². The number of H-pyrrole nitrogens is 1. The summed E-state index contributed by atoms with van der Waals surface area (Å²) < 4.78 is 25.6. The van der Waals surface area contributed by atoms with E-state index in [0.717, 1.165) is 6.20 Å². The van der Waals surface area contributed by atoms with Crippen molar-refractivity contribution < 1.29 is 13.7 Å². The van der Waals surface area contributed by atoms with E-state index in [1.54, 1.807) is 0 Å². The maximum atomic E-state index is 12.8. The molecule has 1 aliphatic rings. The van der Waals surface area contributed by atoms with E-state index in [2.05, 4.69) is 10.2 Å². The number of nitrogens with zero attached hydrogens (tertiary/aromatic N) is 2. The molecular formula is C6H6F2N4O2. The maximum Gasteiger partial charge on any atom is 0.312 e. The fourth-order valence-electron chi connectivity index (χ4n) is 1.32. The second-order valence-electron chi connectivity index (χ2n) is 3.24. The molecule has 2 rings (SSSR count). The number of rotatable bonds is 2. The van der Waals surface area contributed by atoms with Gasteiger partial charge in [-0.1, -0.05) is 0 Å². The van der Waals surface area contributed by atoms with Crippen LogP contribution in [-0.2, 0) is 5.54 Å². The van der Waals surface area contributed by atoms with Gasteiger partial charge >= 0.3 is 5.69 Å². The molecule has 1 fully saturated rings. The zero-order valence-corrected chi connectivity index (χ0v) is 6.83. The zero-order chi connectivity index (χ0) is 10.6. The highest BCUT2D eigenvalue weighted by Crippen LogP contribution is 2.58. The van der Waals surface area contributed by atoms with Crippen molar-refractivity contribution in [2.45, 2.75) is 17.9 Å². The summed E-state index contributed by atoms with van der Waals surface area (Å²) in [5.41, 5.74) is 2.54.